The van der Waals surface area contributed by atoms with Gasteiger partial charge in [-0.2, -0.15) is 0 Å². The van der Waals surface area contributed by atoms with Crippen LogP contribution < -0.4 is 4.74 Å². The molecule has 8 heteroatoms. The van der Waals surface area contributed by atoms with Gasteiger partial charge in [-0.05, 0) is 29.8 Å². The minimum absolute atomic E-state index is 0.0610. The SMILES string of the molecule is COC(=O)c1ccc(CN(Cc2cccc(OC)c2)S(=O)[O-])c(F)c1. The van der Waals surface area contributed by atoms with Crippen molar-refractivity contribution in [1.29, 1.82) is 0 Å². The zero-order valence-electron chi connectivity index (χ0n) is 13.7. The highest BCUT2D eigenvalue weighted by Crippen LogP contribution is 2.19. The van der Waals surface area contributed by atoms with E-state index in [2.05, 4.69) is 4.74 Å². The summed E-state index contributed by atoms with van der Waals surface area (Å²) < 4.78 is 47.9. The Labute approximate surface area is 147 Å². The van der Waals surface area contributed by atoms with Crippen molar-refractivity contribution < 1.29 is 27.4 Å². The first-order chi connectivity index (χ1) is 11.9. The van der Waals surface area contributed by atoms with Gasteiger partial charge in [-0.3, -0.25) is 4.21 Å². The first-order valence-corrected chi connectivity index (χ1v) is 8.31. The van der Waals surface area contributed by atoms with Crippen molar-refractivity contribution in [3.8, 4) is 5.75 Å². The molecule has 0 aliphatic rings. The Balaban J connectivity index is 2.19. The van der Waals surface area contributed by atoms with Gasteiger partial charge in [-0.1, -0.05) is 18.2 Å². The number of esters is 1. The van der Waals surface area contributed by atoms with Crippen LogP contribution in [0.1, 0.15) is 21.5 Å². The molecule has 134 valence electrons. The Morgan fingerprint density at radius 1 is 1.20 bits per heavy atom. The number of nitrogens with zero attached hydrogens (tertiary/aromatic N) is 1. The highest BCUT2D eigenvalue weighted by atomic mass is 32.2. The van der Waals surface area contributed by atoms with E-state index in [-0.39, 0.29) is 24.2 Å². The monoisotopic (exact) mass is 366 g/mol. The third kappa shape index (κ3) is 5.09. The average Bonchev–Trinajstić information content (AvgIpc) is 2.61. The van der Waals surface area contributed by atoms with Crippen LogP contribution in [0.5, 0.6) is 5.75 Å². The Morgan fingerprint density at radius 3 is 2.56 bits per heavy atom. The van der Waals surface area contributed by atoms with Crippen LogP contribution in [-0.2, 0) is 29.1 Å². The van der Waals surface area contributed by atoms with Gasteiger partial charge in [0.1, 0.15) is 11.6 Å². The van der Waals surface area contributed by atoms with E-state index in [0.29, 0.717) is 11.3 Å². The summed E-state index contributed by atoms with van der Waals surface area (Å²) in [5.74, 6) is -0.738. The number of benzene rings is 2. The summed E-state index contributed by atoms with van der Waals surface area (Å²) in [5, 5.41) is 0. The van der Waals surface area contributed by atoms with Gasteiger partial charge in [0.25, 0.3) is 0 Å². The molecular formula is C17H17FNO5S-. The molecule has 25 heavy (non-hydrogen) atoms. The molecule has 1 unspecified atom stereocenters. The molecule has 0 fully saturated rings. The quantitative estimate of drug-likeness (QED) is 0.555. The standard InChI is InChI=1S/C17H18FNO5S/c1-23-15-5-3-4-12(8-15)10-19(25(21)22)11-14-7-6-13(9-16(14)18)17(20)24-2/h3-9H,10-11H2,1-2H3,(H,21,22)/p-1. The Hall–Kier alpha value is -2.29. The third-order valence-electron chi connectivity index (χ3n) is 3.52. The van der Waals surface area contributed by atoms with Crippen molar-refractivity contribution in [3.05, 3.63) is 65.0 Å². The van der Waals surface area contributed by atoms with Crippen LogP contribution in [0.25, 0.3) is 0 Å². The molecule has 0 saturated heterocycles. The van der Waals surface area contributed by atoms with E-state index < -0.39 is 23.1 Å². The summed E-state index contributed by atoms with van der Waals surface area (Å²) in [6.45, 7) is -0.105. The van der Waals surface area contributed by atoms with Gasteiger partial charge in [0.05, 0.1) is 19.8 Å². The number of ether oxygens (including phenoxy) is 2. The van der Waals surface area contributed by atoms with E-state index in [1.54, 1.807) is 24.3 Å². The lowest BCUT2D eigenvalue weighted by atomic mass is 10.1. The molecule has 2 aromatic rings. The molecular weight excluding hydrogens is 349 g/mol. The van der Waals surface area contributed by atoms with E-state index in [1.807, 2.05) is 0 Å². The van der Waals surface area contributed by atoms with Crippen LogP contribution in [0, 0.1) is 5.82 Å². The summed E-state index contributed by atoms with van der Waals surface area (Å²) in [6, 6.07) is 10.7. The lowest BCUT2D eigenvalue weighted by Gasteiger charge is -2.24. The molecule has 0 amide bonds. The second-order valence-electron chi connectivity index (χ2n) is 5.16. The van der Waals surface area contributed by atoms with Gasteiger partial charge in [0.2, 0.25) is 0 Å². The molecule has 0 saturated carbocycles. The van der Waals surface area contributed by atoms with Crippen LogP contribution >= 0.6 is 0 Å². The molecule has 2 rings (SSSR count). The molecule has 0 radical (unpaired) electrons. The minimum Gasteiger partial charge on any atom is -0.760 e. The van der Waals surface area contributed by atoms with Crippen molar-refractivity contribution in [2.45, 2.75) is 13.1 Å². The normalized spacial score (nSPS) is 12.0. The van der Waals surface area contributed by atoms with Crippen LogP contribution in [0.2, 0.25) is 0 Å². The number of hydrogen-bond acceptors (Lipinski definition) is 5. The van der Waals surface area contributed by atoms with Crippen molar-refractivity contribution >= 4 is 17.2 Å². The fraction of sp³-hybridized carbons (Fsp3) is 0.235. The van der Waals surface area contributed by atoms with Gasteiger partial charge in [-0.15, -0.1) is 0 Å². The summed E-state index contributed by atoms with van der Waals surface area (Å²) >= 11 is -2.55. The average molecular weight is 366 g/mol. The third-order valence-corrected chi connectivity index (χ3v) is 4.20. The maximum Gasteiger partial charge on any atom is 0.337 e. The van der Waals surface area contributed by atoms with E-state index in [0.717, 1.165) is 10.4 Å². The van der Waals surface area contributed by atoms with Gasteiger partial charge in [0.15, 0.2) is 0 Å². The Bertz CT molecular complexity index is 783. The summed E-state index contributed by atoms with van der Waals surface area (Å²) in [4.78, 5) is 11.4. The lowest BCUT2D eigenvalue weighted by Crippen LogP contribution is -2.25. The highest BCUT2D eigenvalue weighted by molar-refractivity contribution is 7.76. The number of rotatable bonds is 7. The first-order valence-electron chi connectivity index (χ1n) is 7.28. The van der Waals surface area contributed by atoms with Gasteiger partial charge in [-0.25, -0.2) is 13.5 Å². The molecule has 0 aliphatic carbocycles. The predicted molar refractivity (Wildman–Crippen MR) is 88.9 cm³/mol. The molecule has 0 aliphatic heterocycles. The zero-order chi connectivity index (χ0) is 18.4. The van der Waals surface area contributed by atoms with Crippen molar-refractivity contribution in [2.75, 3.05) is 14.2 Å². The van der Waals surface area contributed by atoms with Crippen molar-refractivity contribution in [3.63, 3.8) is 0 Å². The van der Waals surface area contributed by atoms with E-state index in [1.165, 1.54) is 26.4 Å². The maximum atomic E-state index is 14.2. The summed E-state index contributed by atoms with van der Waals surface area (Å²) in [5.41, 5.74) is 0.918. The zero-order valence-corrected chi connectivity index (χ0v) is 14.5. The number of carbonyl (C=O) groups is 1. The van der Waals surface area contributed by atoms with E-state index >= 15 is 0 Å². The lowest BCUT2D eigenvalue weighted by molar-refractivity contribution is 0.0600. The number of methoxy groups -OCH3 is 2. The largest absolute Gasteiger partial charge is 0.760 e. The summed E-state index contributed by atoms with van der Waals surface area (Å²) in [6.07, 6.45) is 0. The maximum absolute atomic E-state index is 14.2. The highest BCUT2D eigenvalue weighted by Gasteiger charge is 2.14. The van der Waals surface area contributed by atoms with Gasteiger partial charge >= 0.3 is 5.97 Å². The Kier molecular flexibility index (Phi) is 6.63. The van der Waals surface area contributed by atoms with Crippen LogP contribution in [0.15, 0.2) is 42.5 Å². The fourth-order valence-corrected chi connectivity index (χ4v) is 2.75. The van der Waals surface area contributed by atoms with Gasteiger partial charge < -0.3 is 14.0 Å². The van der Waals surface area contributed by atoms with Crippen molar-refractivity contribution in [1.82, 2.24) is 4.31 Å². The molecule has 2 aromatic carbocycles. The molecule has 0 aromatic heterocycles. The molecule has 0 spiro atoms. The van der Waals surface area contributed by atoms with Crippen LogP contribution in [-0.4, -0.2) is 33.3 Å². The number of hydrogen-bond donors (Lipinski definition) is 0. The second kappa shape index (κ2) is 8.70. The molecule has 0 N–H and O–H groups in total. The molecule has 6 nitrogen and oxygen atoms in total. The second-order valence-corrected chi connectivity index (χ2v) is 6.12. The first kappa shape index (κ1) is 19.0. The molecule has 1 atom stereocenters. The molecule has 0 bridgehead atoms. The fourth-order valence-electron chi connectivity index (χ4n) is 2.25. The van der Waals surface area contributed by atoms with E-state index in [4.69, 9.17) is 4.74 Å². The Morgan fingerprint density at radius 2 is 1.96 bits per heavy atom. The number of carbonyl (C=O) groups excluding carboxylic acids is 1. The smallest absolute Gasteiger partial charge is 0.337 e. The minimum atomic E-state index is -2.55. The van der Waals surface area contributed by atoms with Gasteiger partial charge in [0, 0.05) is 29.9 Å². The van der Waals surface area contributed by atoms with Crippen LogP contribution in [0.4, 0.5) is 4.39 Å². The van der Waals surface area contributed by atoms with E-state index in [9.17, 15) is 17.9 Å². The van der Waals surface area contributed by atoms with Crippen molar-refractivity contribution in [2.24, 2.45) is 0 Å². The number of halogens is 1. The topological polar surface area (TPSA) is 78.9 Å². The van der Waals surface area contributed by atoms with Crippen LogP contribution in [0.3, 0.4) is 0 Å². The predicted octanol–water partition coefficient (Wildman–Crippen LogP) is 2.42. The molecule has 0 heterocycles. The summed E-state index contributed by atoms with van der Waals surface area (Å²) in [7, 11) is 2.71.